The largest absolute Gasteiger partial charge is 0.349 e. The SMILES string of the molecule is CN1CC2CC1CN2c1ccc2ncc(-c3cnc(Nc4ncccc4F)nc3)n2n1. The van der Waals surface area contributed by atoms with E-state index in [2.05, 4.69) is 42.1 Å². The molecule has 9 nitrogen and oxygen atoms in total. The molecule has 2 saturated heterocycles. The summed E-state index contributed by atoms with van der Waals surface area (Å²) in [4.78, 5) is 21.8. The van der Waals surface area contributed by atoms with E-state index in [9.17, 15) is 4.39 Å². The molecule has 0 spiro atoms. The summed E-state index contributed by atoms with van der Waals surface area (Å²) in [5.74, 6) is 0.843. The maximum absolute atomic E-state index is 13.8. The van der Waals surface area contributed by atoms with Crippen molar-refractivity contribution in [3.05, 3.63) is 54.9 Å². The number of nitrogens with zero attached hydrogens (tertiary/aromatic N) is 8. The smallest absolute Gasteiger partial charge is 0.228 e. The summed E-state index contributed by atoms with van der Waals surface area (Å²) >= 11 is 0. The molecule has 0 radical (unpaired) electrons. The lowest BCUT2D eigenvalue weighted by atomic mass is 10.2. The van der Waals surface area contributed by atoms with Gasteiger partial charge in [0.15, 0.2) is 17.3 Å². The number of nitrogens with one attached hydrogen (secondary N) is 1. The van der Waals surface area contributed by atoms with E-state index < -0.39 is 5.82 Å². The number of pyridine rings is 1. The summed E-state index contributed by atoms with van der Waals surface area (Å²) in [6.45, 7) is 2.07. The minimum atomic E-state index is -0.463. The number of rotatable bonds is 4. The molecule has 6 rings (SSSR count). The Balaban J connectivity index is 1.29. The van der Waals surface area contributed by atoms with E-state index in [1.807, 2.05) is 16.6 Å². The number of imidazole rings is 1. The number of likely N-dealkylation sites (N-methyl/N-ethyl adjacent to an activating group) is 1. The maximum atomic E-state index is 13.8. The van der Waals surface area contributed by atoms with Crippen LogP contribution in [0.15, 0.2) is 49.1 Å². The first-order valence-corrected chi connectivity index (χ1v) is 10.2. The molecule has 4 aromatic rings. The molecule has 2 bridgehead atoms. The Morgan fingerprint density at radius 1 is 1.00 bits per heavy atom. The molecule has 2 fully saturated rings. The predicted octanol–water partition coefficient (Wildman–Crippen LogP) is 2.36. The highest BCUT2D eigenvalue weighted by molar-refractivity contribution is 5.63. The minimum Gasteiger partial charge on any atom is -0.349 e. The molecule has 156 valence electrons. The summed E-state index contributed by atoms with van der Waals surface area (Å²) < 4.78 is 15.6. The zero-order valence-electron chi connectivity index (χ0n) is 16.9. The van der Waals surface area contributed by atoms with Gasteiger partial charge in [0.2, 0.25) is 5.95 Å². The van der Waals surface area contributed by atoms with Gasteiger partial charge in [0, 0.05) is 49.3 Å². The molecule has 2 aliphatic rings. The number of hydrogen-bond donors (Lipinski definition) is 1. The van der Waals surface area contributed by atoms with Gasteiger partial charge in [-0.3, -0.25) is 4.90 Å². The molecular formula is C21H20FN9. The van der Waals surface area contributed by atoms with Crippen LogP contribution in [-0.2, 0) is 0 Å². The second-order valence-electron chi connectivity index (χ2n) is 7.99. The van der Waals surface area contributed by atoms with Crippen molar-refractivity contribution in [3.8, 4) is 11.3 Å². The van der Waals surface area contributed by atoms with Crippen molar-refractivity contribution in [2.24, 2.45) is 0 Å². The Morgan fingerprint density at radius 2 is 1.87 bits per heavy atom. The zero-order valence-corrected chi connectivity index (χ0v) is 16.9. The van der Waals surface area contributed by atoms with Crippen LogP contribution in [0.1, 0.15) is 6.42 Å². The van der Waals surface area contributed by atoms with Gasteiger partial charge >= 0.3 is 0 Å². The van der Waals surface area contributed by atoms with E-state index in [0.29, 0.717) is 12.1 Å². The van der Waals surface area contributed by atoms with Gasteiger partial charge in [0.05, 0.1) is 11.9 Å². The van der Waals surface area contributed by atoms with Crippen molar-refractivity contribution in [1.82, 2.24) is 34.4 Å². The molecule has 31 heavy (non-hydrogen) atoms. The molecule has 6 heterocycles. The molecule has 0 saturated carbocycles. The number of hydrogen-bond acceptors (Lipinski definition) is 8. The lowest BCUT2D eigenvalue weighted by Gasteiger charge is -2.32. The molecule has 2 aliphatic heterocycles. The number of aromatic nitrogens is 6. The number of halogens is 1. The molecule has 2 unspecified atom stereocenters. The van der Waals surface area contributed by atoms with Gasteiger partial charge in [0.25, 0.3) is 0 Å². The molecule has 10 heteroatoms. The number of anilines is 3. The highest BCUT2D eigenvalue weighted by Crippen LogP contribution is 2.33. The first-order valence-electron chi connectivity index (χ1n) is 10.2. The molecule has 4 aromatic heterocycles. The summed E-state index contributed by atoms with van der Waals surface area (Å²) in [5, 5.41) is 7.66. The van der Waals surface area contributed by atoms with Crippen LogP contribution >= 0.6 is 0 Å². The van der Waals surface area contributed by atoms with Crippen LogP contribution in [0.5, 0.6) is 0 Å². The first-order chi connectivity index (χ1) is 15.2. The van der Waals surface area contributed by atoms with Crippen LogP contribution in [-0.4, -0.2) is 66.7 Å². The van der Waals surface area contributed by atoms with Crippen LogP contribution in [0.25, 0.3) is 16.9 Å². The van der Waals surface area contributed by atoms with Gasteiger partial charge in [0.1, 0.15) is 5.82 Å². The standard InChI is InChI=1S/C21H20FN9/c1-29-11-15-7-14(29)12-30(15)19-5-4-18-24-10-17(31(18)28-19)13-8-25-21(26-9-13)27-20-16(22)3-2-6-23-20/h2-6,8-10,14-15H,7,11-12H2,1H3,(H,23,25,26,27). The fourth-order valence-corrected chi connectivity index (χ4v) is 4.47. The molecule has 0 aromatic carbocycles. The first kappa shape index (κ1) is 18.1. The van der Waals surface area contributed by atoms with E-state index >= 15 is 0 Å². The second kappa shape index (κ2) is 6.95. The Bertz CT molecular complexity index is 1250. The summed E-state index contributed by atoms with van der Waals surface area (Å²) in [6.07, 6.45) is 7.79. The normalized spacial score (nSPS) is 20.6. The third-order valence-corrected chi connectivity index (χ3v) is 6.09. The molecule has 0 amide bonds. The highest BCUT2D eigenvalue weighted by Gasteiger charge is 2.42. The van der Waals surface area contributed by atoms with Gasteiger partial charge in [-0.15, -0.1) is 5.10 Å². The van der Waals surface area contributed by atoms with Gasteiger partial charge in [-0.2, -0.15) is 0 Å². The lowest BCUT2D eigenvalue weighted by Crippen LogP contribution is -2.45. The van der Waals surface area contributed by atoms with Crippen molar-refractivity contribution < 1.29 is 4.39 Å². The summed E-state index contributed by atoms with van der Waals surface area (Å²) in [6, 6.07) is 7.99. The Kier molecular flexibility index (Phi) is 4.06. The van der Waals surface area contributed by atoms with Crippen molar-refractivity contribution in [2.45, 2.75) is 18.5 Å². The van der Waals surface area contributed by atoms with Crippen molar-refractivity contribution in [3.63, 3.8) is 0 Å². The van der Waals surface area contributed by atoms with Gasteiger partial charge in [-0.1, -0.05) is 0 Å². The summed E-state index contributed by atoms with van der Waals surface area (Å²) in [7, 11) is 2.19. The Morgan fingerprint density at radius 3 is 2.61 bits per heavy atom. The zero-order chi connectivity index (χ0) is 20.9. The molecule has 1 N–H and O–H groups in total. The summed E-state index contributed by atoms with van der Waals surface area (Å²) in [5.41, 5.74) is 2.33. The number of fused-ring (bicyclic) bond motifs is 3. The molecule has 2 atom stereocenters. The minimum absolute atomic E-state index is 0.0851. The molecule has 0 aliphatic carbocycles. The van der Waals surface area contributed by atoms with E-state index in [1.54, 1.807) is 18.6 Å². The van der Waals surface area contributed by atoms with E-state index in [-0.39, 0.29) is 11.8 Å². The average Bonchev–Trinajstić information content (AvgIpc) is 3.49. The lowest BCUT2D eigenvalue weighted by molar-refractivity contribution is 0.292. The van der Waals surface area contributed by atoms with E-state index in [0.717, 1.165) is 35.8 Å². The third-order valence-electron chi connectivity index (χ3n) is 6.09. The van der Waals surface area contributed by atoms with Crippen molar-refractivity contribution >= 4 is 23.2 Å². The van der Waals surface area contributed by atoms with Crippen LogP contribution in [0, 0.1) is 5.82 Å². The van der Waals surface area contributed by atoms with Crippen molar-refractivity contribution in [1.29, 1.82) is 0 Å². The third kappa shape index (κ3) is 3.07. The topological polar surface area (TPSA) is 87.4 Å². The molecular weight excluding hydrogens is 397 g/mol. The van der Waals surface area contributed by atoms with E-state index in [1.165, 1.54) is 24.8 Å². The number of likely N-dealkylation sites (tertiary alicyclic amines) is 1. The average molecular weight is 417 g/mol. The second-order valence-corrected chi connectivity index (χ2v) is 7.99. The van der Waals surface area contributed by atoms with Gasteiger partial charge in [-0.05, 0) is 37.7 Å². The fraction of sp³-hybridized carbons (Fsp3) is 0.286. The van der Waals surface area contributed by atoms with Gasteiger partial charge in [-0.25, -0.2) is 28.8 Å². The van der Waals surface area contributed by atoms with E-state index in [4.69, 9.17) is 5.10 Å². The van der Waals surface area contributed by atoms with Gasteiger partial charge < -0.3 is 10.2 Å². The number of piperazine rings is 1. The Labute approximate surface area is 177 Å². The fourth-order valence-electron chi connectivity index (χ4n) is 4.47. The quantitative estimate of drug-likeness (QED) is 0.542. The predicted molar refractivity (Wildman–Crippen MR) is 114 cm³/mol. The monoisotopic (exact) mass is 417 g/mol. The highest BCUT2D eigenvalue weighted by atomic mass is 19.1. The van der Waals surface area contributed by atoms with Crippen LogP contribution in [0.2, 0.25) is 0 Å². The Hall–Kier alpha value is -3.66. The van der Waals surface area contributed by atoms with Crippen molar-refractivity contribution in [2.75, 3.05) is 30.4 Å². The van der Waals surface area contributed by atoms with Crippen LogP contribution < -0.4 is 10.2 Å². The maximum Gasteiger partial charge on any atom is 0.228 e. The van der Waals surface area contributed by atoms with Crippen LogP contribution in [0.3, 0.4) is 0 Å². The van der Waals surface area contributed by atoms with Crippen LogP contribution in [0.4, 0.5) is 22.0 Å².